The Morgan fingerprint density at radius 2 is 2.29 bits per heavy atom. The Balaban J connectivity index is 2.21. The highest BCUT2D eigenvalue weighted by molar-refractivity contribution is 6.00. The van der Waals surface area contributed by atoms with Gasteiger partial charge < -0.3 is 5.11 Å². The van der Waals surface area contributed by atoms with Crippen molar-refractivity contribution in [3.05, 3.63) is 23.8 Å². The standard InChI is InChI=1S/C12H13N3O2/c1-7(8-5-6-8)15-11-9(12(16)17)3-2-4-10(11)13-14-15/h2-4,7-8H,5-6H2,1H3,(H,16,17). The summed E-state index contributed by atoms with van der Waals surface area (Å²) in [5.74, 6) is -0.316. The molecule has 1 aromatic heterocycles. The van der Waals surface area contributed by atoms with E-state index in [2.05, 4.69) is 17.2 Å². The van der Waals surface area contributed by atoms with E-state index < -0.39 is 5.97 Å². The number of aromatic nitrogens is 3. The Morgan fingerprint density at radius 3 is 2.94 bits per heavy atom. The van der Waals surface area contributed by atoms with E-state index in [9.17, 15) is 9.90 Å². The van der Waals surface area contributed by atoms with E-state index in [1.807, 2.05) is 0 Å². The second-order valence-electron chi connectivity index (χ2n) is 4.59. The van der Waals surface area contributed by atoms with E-state index in [1.54, 1.807) is 22.9 Å². The maximum Gasteiger partial charge on any atom is 0.337 e. The van der Waals surface area contributed by atoms with E-state index >= 15 is 0 Å². The number of carboxylic acids is 1. The first kappa shape index (κ1) is 10.3. The smallest absolute Gasteiger partial charge is 0.337 e. The summed E-state index contributed by atoms with van der Waals surface area (Å²) in [6, 6.07) is 5.32. The van der Waals surface area contributed by atoms with Crippen LogP contribution in [0.2, 0.25) is 0 Å². The molecule has 2 aromatic rings. The molecule has 1 fully saturated rings. The minimum absolute atomic E-state index is 0.223. The third-order valence-corrected chi connectivity index (χ3v) is 3.41. The summed E-state index contributed by atoms with van der Waals surface area (Å²) >= 11 is 0. The van der Waals surface area contributed by atoms with Crippen LogP contribution in [-0.2, 0) is 0 Å². The number of carboxylic acid groups (broad SMARTS) is 1. The van der Waals surface area contributed by atoms with Crippen molar-refractivity contribution in [2.45, 2.75) is 25.8 Å². The van der Waals surface area contributed by atoms with Crippen LogP contribution in [0, 0.1) is 5.92 Å². The molecule has 1 aliphatic rings. The third-order valence-electron chi connectivity index (χ3n) is 3.41. The lowest BCUT2D eigenvalue weighted by atomic mass is 10.1. The zero-order chi connectivity index (χ0) is 12.0. The lowest BCUT2D eigenvalue weighted by Gasteiger charge is -2.11. The van der Waals surface area contributed by atoms with Crippen molar-refractivity contribution in [1.82, 2.24) is 15.0 Å². The average Bonchev–Trinajstić information content (AvgIpc) is 3.07. The monoisotopic (exact) mass is 231 g/mol. The molecule has 0 spiro atoms. The highest BCUT2D eigenvalue weighted by Crippen LogP contribution is 2.40. The van der Waals surface area contributed by atoms with Gasteiger partial charge in [0.2, 0.25) is 0 Å². The first-order valence-corrected chi connectivity index (χ1v) is 5.75. The first-order valence-electron chi connectivity index (χ1n) is 5.75. The third kappa shape index (κ3) is 1.58. The molecule has 5 heteroatoms. The van der Waals surface area contributed by atoms with Gasteiger partial charge in [0.05, 0.1) is 11.6 Å². The first-order chi connectivity index (χ1) is 8.18. The highest BCUT2D eigenvalue weighted by Gasteiger charge is 2.31. The van der Waals surface area contributed by atoms with Gasteiger partial charge in [0, 0.05) is 0 Å². The lowest BCUT2D eigenvalue weighted by molar-refractivity contribution is 0.0698. The largest absolute Gasteiger partial charge is 0.478 e. The van der Waals surface area contributed by atoms with Crippen molar-refractivity contribution in [2.75, 3.05) is 0 Å². The molecule has 0 aliphatic heterocycles. The van der Waals surface area contributed by atoms with E-state index in [1.165, 1.54) is 12.8 Å². The predicted molar refractivity (Wildman–Crippen MR) is 61.9 cm³/mol. The molecule has 5 nitrogen and oxygen atoms in total. The molecule has 88 valence electrons. The van der Waals surface area contributed by atoms with Gasteiger partial charge in [0.15, 0.2) is 0 Å². The number of hydrogen-bond donors (Lipinski definition) is 1. The van der Waals surface area contributed by atoms with Crippen LogP contribution in [0.15, 0.2) is 18.2 Å². The molecule has 1 aliphatic carbocycles. The molecule has 1 saturated carbocycles. The number of hydrogen-bond acceptors (Lipinski definition) is 3. The van der Waals surface area contributed by atoms with Crippen molar-refractivity contribution in [1.29, 1.82) is 0 Å². The van der Waals surface area contributed by atoms with Gasteiger partial charge in [-0.15, -0.1) is 5.10 Å². The molecule has 0 bridgehead atoms. The summed E-state index contributed by atoms with van der Waals surface area (Å²) in [5.41, 5.74) is 1.57. The number of carbonyl (C=O) groups is 1. The molecule has 1 N–H and O–H groups in total. The Kier molecular flexibility index (Phi) is 2.14. The summed E-state index contributed by atoms with van der Waals surface area (Å²) in [7, 11) is 0. The lowest BCUT2D eigenvalue weighted by Crippen LogP contribution is -2.11. The van der Waals surface area contributed by atoms with Crippen LogP contribution in [-0.4, -0.2) is 26.1 Å². The fraction of sp³-hybridized carbons (Fsp3) is 0.417. The molecule has 17 heavy (non-hydrogen) atoms. The summed E-state index contributed by atoms with van der Waals surface area (Å²) in [6.45, 7) is 2.07. The fourth-order valence-corrected chi connectivity index (χ4v) is 2.23. The van der Waals surface area contributed by atoms with Gasteiger partial charge in [0.1, 0.15) is 11.0 Å². The van der Waals surface area contributed by atoms with Gasteiger partial charge in [-0.25, -0.2) is 9.48 Å². The fourth-order valence-electron chi connectivity index (χ4n) is 2.23. The van der Waals surface area contributed by atoms with Gasteiger partial charge in [-0.05, 0) is 37.8 Å². The second-order valence-corrected chi connectivity index (χ2v) is 4.59. The quantitative estimate of drug-likeness (QED) is 0.878. The Hall–Kier alpha value is -1.91. The Morgan fingerprint density at radius 1 is 1.53 bits per heavy atom. The van der Waals surface area contributed by atoms with Crippen molar-refractivity contribution in [3.8, 4) is 0 Å². The van der Waals surface area contributed by atoms with Crippen LogP contribution in [0.5, 0.6) is 0 Å². The van der Waals surface area contributed by atoms with Crippen molar-refractivity contribution in [2.24, 2.45) is 5.92 Å². The molecule has 1 unspecified atom stereocenters. The average molecular weight is 231 g/mol. The summed E-state index contributed by atoms with van der Waals surface area (Å²) in [5, 5.41) is 17.3. The van der Waals surface area contributed by atoms with Crippen LogP contribution in [0.1, 0.15) is 36.2 Å². The minimum atomic E-state index is -0.929. The van der Waals surface area contributed by atoms with Gasteiger partial charge in [-0.1, -0.05) is 11.3 Å². The second kappa shape index (κ2) is 3.55. The molecular formula is C12H13N3O2. The SMILES string of the molecule is CC(C1CC1)n1nnc2cccc(C(=O)O)c21. The molecule has 0 radical (unpaired) electrons. The van der Waals surface area contributed by atoms with E-state index in [4.69, 9.17) is 0 Å². The maximum absolute atomic E-state index is 11.2. The normalized spacial score (nSPS) is 17.2. The van der Waals surface area contributed by atoms with Crippen molar-refractivity contribution in [3.63, 3.8) is 0 Å². The molecule has 0 amide bonds. The summed E-state index contributed by atoms with van der Waals surface area (Å²) in [6.07, 6.45) is 2.38. The van der Waals surface area contributed by atoms with Crippen LogP contribution in [0.3, 0.4) is 0 Å². The van der Waals surface area contributed by atoms with E-state index in [0.717, 1.165) is 0 Å². The number of nitrogens with zero attached hydrogens (tertiary/aromatic N) is 3. The number of benzene rings is 1. The van der Waals surface area contributed by atoms with Crippen molar-refractivity contribution >= 4 is 17.0 Å². The molecule has 0 saturated heterocycles. The van der Waals surface area contributed by atoms with Crippen LogP contribution < -0.4 is 0 Å². The molecule has 3 rings (SSSR count). The number of fused-ring (bicyclic) bond motifs is 1. The van der Waals surface area contributed by atoms with E-state index in [-0.39, 0.29) is 11.6 Å². The summed E-state index contributed by atoms with van der Waals surface area (Å²) in [4.78, 5) is 11.2. The Bertz CT molecular complexity index is 586. The molecule has 1 atom stereocenters. The van der Waals surface area contributed by atoms with Crippen LogP contribution in [0.25, 0.3) is 11.0 Å². The van der Waals surface area contributed by atoms with Gasteiger partial charge in [-0.2, -0.15) is 0 Å². The highest BCUT2D eigenvalue weighted by atomic mass is 16.4. The van der Waals surface area contributed by atoms with Crippen LogP contribution >= 0.6 is 0 Å². The van der Waals surface area contributed by atoms with Gasteiger partial charge in [0.25, 0.3) is 0 Å². The van der Waals surface area contributed by atoms with E-state index in [0.29, 0.717) is 17.0 Å². The zero-order valence-corrected chi connectivity index (χ0v) is 9.50. The predicted octanol–water partition coefficient (Wildman–Crippen LogP) is 2.10. The molecule has 1 aromatic carbocycles. The van der Waals surface area contributed by atoms with Crippen LogP contribution in [0.4, 0.5) is 0 Å². The number of para-hydroxylation sites is 1. The zero-order valence-electron chi connectivity index (χ0n) is 9.50. The topological polar surface area (TPSA) is 68.0 Å². The van der Waals surface area contributed by atoms with Gasteiger partial charge >= 0.3 is 5.97 Å². The molecular weight excluding hydrogens is 218 g/mol. The number of rotatable bonds is 3. The van der Waals surface area contributed by atoms with Gasteiger partial charge in [-0.3, -0.25) is 0 Å². The maximum atomic E-state index is 11.2. The molecule has 1 heterocycles. The van der Waals surface area contributed by atoms with Crippen molar-refractivity contribution < 1.29 is 9.90 Å². The minimum Gasteiger partial charge on any atom is -0.478 e. The Labute approximate surface area is 98.0 Å². The summed E-state index contributed by atoms with van der Waals surface area (Å²) < 4.78 is 1.76. The number of aromatic carboxylic acids is 1.